The van der Waals surface area contributed by atoms with Crippen molar-refractivity contribution in [3.8, 4) is 0 Å². The molecule has 0 aromatic heterocycles. The summed E-state index contributed by atoms with van der Waals surface area (Å²) in [5.74, 6) is -0.975. The van der Waals surface area contributed by atoms with Crippen LogP contribution in [0.3, 0.4) is 0 Å². The monoisotopic (exact) mass is 150 g/mol. The lowest BCUT2D eigenvalue weighted by atomic mass is 10.5. The minimum absolute atomic E-state index is 0.759. The first-order valence-corrected chi connectivity index (χ1v) is 2.93. The van der Waals surface area contributed by atoms with Crippen molar-refractivity contribution in [1.82, 2.24) is 0 Å². The topological polar surface area (TPSA) is 37.3 Å². The number of hydrogen-bond donors (Lipinski definition) is 1. The Kier molecular flexibility index (Phi) is 9.43. The Morgan fingerprint density at radius 1 is 1.89 bits per heavy atom. The molecule has 3 heteroatoms. The second-order valence-corrected chi connectivity index (χ2v) is 2.02. The molecule has 0 amide bonds. The highest BCUT2D eigenvalue weighted by atomic mass is 35.5. The quantitative estimate of drug-likeness (QED) is 0.458. The fourth-order valence-electron chi connectivity index (χ4n) is 0. The van der Waals surface area contributed by atoms with Crippen LogP contribution >= 0.6 is 11.6 Å². The molecule has 0 saturated carbocycles. The minimum Gasteiger partial charge on any atom is -0.480 e. The number of carboxylic acids is 1. The molecule has 9 heavy (non-hydrogen) atoms. The maximum atomic E-state index is 9.57. The van der Waals surface area contributed by atoms with Gasteiger partial charge in [-0.1, -0.05) is 6.08 Å². The smallest absolute Gasteiger partial charge is 0.321 e. The van der Waals surface area contributed by atoms with Gasteiger partial charge >= 0.3 is 5.97 Å². The van der Waals surface area contributed by atoms with Crippen LogP contribution in [0.25, 0.3) is 0 Å². The van der Waals surface area contributed by atoms with E-state index in [2.05, 4.69) is 6.58 Å². The molecule has 0 aliphatic rings. The summed E-state index contributed by atoms with van der Waals surface area (Å²) < 4.78 is 0. The molecule has 0 aromatic rings. The summed E-state index contributed by atoms with van der Waals surface area (Å²) >= 11 is 5.01. The van der Waals surface area contributed by atoms with E-state index < -0.39 is 11.3 Å². The minimum atomic E-state index is -0.975. The first-order chi connectivity index (χ1) is 4.06. The van der Waals surface area contributed by atoms with Crippen LogP contribution in [0.2, 0.25) is 0 Å². The first-order valence-electron chi connectivity index (χ1n) is 2.50. The lowest BCUT2D eigenvalue weighted by Gasteiger charge is -1.86. The molecule has 0 heterocycles. The Morgan fingerprint density at radius 3 is 2.00 bits per heavy atom. The number of rotatable bonds is 1. The van der Waals surface area contributed by atoms with Crippen molar-refractivity contribution in [2.24, 2.45) is 0 Å². The molecule has 0 spiro atoms. The summed E-state index contributed by atoms with van der Waals surface area (Å²) in [6.45, 7) is 6.66. The van der Waals surface area contributed by atoms with Crippen molar-refractivity contribution >= 4 is 17.6 Å². The number of aliphatic carboxylic acids is 1. The molecule has 0 rings (SSSR count). The summed E-state index contributed by atoms with van der Waals surface area (Å²) in [6.07, 6.45) is 1.75. The summed E-state index contributed by atoms with van der Waals surface area (Å²) in [6, 6.07) is 0. The lowest BCUT2D eigenvalue weighted by molar-refractivity contribution is -0.136. The summed E-state index contributed by atoms with van der Waals surface area (Å²) in [7, 11) is 0. The van der Waals surface area contributed by atoms with Crippen molar-refractivity contribution in [3.63, 3.8) is 0 Å². The Hall–Kier alpha value is -0.500. The second-order valence-electron chi connectivity index (χ2n) is 1.36. The van der Waals surface area contributed by atoms with Crippen LogP contribution in [0.4, 0.5) is 0 Å². The molecule has 0 aliphatic carbocycles. The Morgan fingerprint density at radius 2 is 2.00 bits per heavy atom. The molecule has 0 bridgehead atoms. The molecule has 1 N–H and O–H groups in total. The summed E-state index contributed by atoms with van der Waals surface area (Å²) in [5.41, 5.74) is 0. The highest BCUT2D eigenvalue weighted by molar-refractivity contribution is 6.29. The van der Waals surface area contributed by atoms with Gasteiger partial charge in [0, 0.05) is 0 Å². The summed E-state index contributed by atoms with van der Waals surface area (Å²) in [5, 5.41) is 7.10. The van der Waals surface area contributed by atoms with E-state index in [1.807, 2.05) is 6.92 Å². The zero-order valence-corrected chi connectivity index (χ0v) is 6.35. The third-order valence-electron chi connectivity index (χ3n) is 0.340. The van der Waals surface area contributed by atoms with Crippen LogP contribution in [-0.4, -0.2) is 16.5 Å². The molecule has 54 valence electrons. The normalized spacial score (nSPS) is 10.6. The SMILES string of the molecule is C=CC.CC(Cl)C(=O)O. The third kappa shape index (κ3) is 18.5. The van der Waals surface area contributed by atoms with Gasteiger partial charge in [-0.25, -0.2) is 0 Å². The van der Waals surface area contributed by atoms with Gasteiger partial charge in [-0.05, 0) is 13.8 Å². The van der Waals surface area contributed by atoms with Crippen molar-refractivity contribution < 1.29 is 9.90 Å². The average molecular weight is 151 g/mol. The number of carboxylic acid groups (broad SMARTS) is 1. The number of allylic oxidation sites excluding steroid dienone is 1. The van der Waals surface area contributed by atoms with E-state index >= 15 is 0 Å². The maximum absolute atomic E-state index is 9.57. The van der Waals surface area contributed by atoms with Crippen molar-refractivity contribution in [1.29, 1.82) is 0 Å². The maximum Gasteiger partial charge on any atom is 0.321 e. The molecule has 0 radical (unpaired) electrons. The average Bonchev–Trinajstić information content (AvgIpc) is 1.68. The van der Waals surface area contributed by atoms with E-state index in [4.69, 9.17) is 16.7 Å². The fourth-order valence-corrected chi connectivity index (χ4v) is 0. The zero-order valence-electron chi connectivity index (χ0n) is 5.60. The van der Waals surface area contributed by atoms with Crippen LogP contribution in [0, 0.1) is 0 Å². The molecular formula is C6H11ClO2. The van der Waals surface area contributed by atoms with Crippen LogP contribution in [0.1, 0.15) is 13.8 Å². The summed E-state index contributed by atoms with van der Waals surface area (Å²) in [4.78, 5) is 9.57. The Balaban J connectivity index is 0. The lowest BCUT2D eigenvalue weighted by Crippen LogP contribution is -2.06. The van der Waals surface area contributed by atoms with Crippen LogP contribution in [0.5, 0.6) is 0 Å². The van der Waals surface area contributed by atoms with Crippen LogP contribution < -0.4 is 0 Å². The van der Waals surface area contributed by atoms with Gasteiger partial charge < -0.3 is 5.11 Å². The molecule has 1 atom stereocenters. The predicted molar refractivity (Wildman–Crippen MR) is 38.8 cm³/mol. The molecule has 0 saturated heterocycles. The first kappa shape index (κ1) is 11.3. The van der Waals surface area contributed by atoms with E-state index in [9.17, 15) is 4.79 Å². The van der Waals surface area contributed by atoms with E-state index in [0.717, 1.165) is 0 Å². The molecule has 1 unspecified atom stereocenters. The van der Waals surface area contributed by atoms with Gasteiger partial charge in [0.05, 0.1) is 0 Å². The third-order valence-corrected chi connectivity index (χ3v) is 0.527. The van der Waals surface area contributed by atoms with E-state index in [1.54, 1.807) is 6.08 Å². The highest BCUT2D eigenvalue weighted by Crippen LogP contribution is 1.89. The second kappa shape index (κ2) is 7.50. The number of hydrogen-bond acceptors (Lipinski definition) is 1. The van der Waals surface area contributed by atoms with Crippen molar-refractivity contribution in [3.05, 3.63) is 12.7 Å². The molecule has 0 fully saturated rings. The standard InChI is InChI=1S/C3H5ClO2.C3H6/c1-2(4)3(5)6;1-3-2/h2H,1H3,(H,5,6);3H,1H2,2H3. The van der Waals surface area contributed by atoms with Gasteiger partial charge in [0.2, 0.25) is 0 Å². The van der Waals surface area contributed by atoms with E-state index in [0.29, 0.717) is 0 Å². The largest absolute Gasteiger partial charge is 0.480 e. The van der Waals surface area contributed by atoms with Gasteiger partial charge in [0.15, 0.2) is 0 Å². The molecule has 0 aromatic carbocycles. The highest BCUT2D eigenvalue weighted by Gasteiger charge is 2.02. The molecule has 2 nitrogen and oxygen atoms in total. The molecular weight excluding hydrogens is 140 g/mol. The van der Waals surface area contributed by atoms with Crippen molar-refractivity contribution in [2.75, 3.05) is 0 Å². The zero-order chi connectivity index (χ0) is 7.86. The predicted octanol–water partition coefficient (Wildman–Crippen LogP) is 1.89. The molecule has 0 aliphatic heterocycles. The van der Waals surface area contributed by atoms with Gasteiger partial charge in [-0.3, -0.25) is 4.79 Å². The van der Waals surface area contributed by atoms with Gasteiger partial charge in [0.25, 0.3) is 0 Å². The Labute approximate surface area is 60.1 Å². The van der Waals surface area contributed by atoms with Crippen LogP contribution in [-0.2, 0) is 4.79 Å². The fraction of sp³-hybridized carbons (Fsp3) is 0.500. The van der Waals surface area contributed by atoms with Crippen LogP contribution in [0.15, 0.2) is 12.7 Å². The van der Waals surface area contributed by atoms with Crippen molar-refractivity contribution in [2.45, 2.75) is 19.2 Å². The number of halogens is 1. The Bertz CT molecular complexity index is 89.1. The van der Waals surface area contributed by atoms with Gasteiger partial charge in [-0.2, -0.15) is 0 Å². The number of carbonyl (C=O) groups is 1. The van der Waals surface area contributed by atoms with E-state index in [1.165, 1.54) is 6.92 Å². The van der Waals surface area contributed by atoms with E-state index in [-0.39, 0.29) is 0 Å². The number of alkyl halides is 1. The van der Waals surface area contributed by atoms with Gasteiger partial charge in [0.1, 0.15) is 5.38 Å². The van der Waals surface area contributed by atoms with Gasteiger partial charge in [-0.15, -0.1) is 18.2 Å².